The highest BCUT2D eigenvalue weighted by Crippen LogP contribution is 2.29. The number of anilines is 1. The monoisotopic (exact) mass is 450 g/mol. The molecule has 3 aromatic carbocycles. The molecule has 0 spiro atoms. The Hall–Kier alpha value is -3.91. The van der Waals surface area contributed by atoms with Gasteiger partial charge >= 0.3 is 0 Å². The third kappa shape index (κ3) is 5.22. The Kier molecular flexibility index (Phi) is 7.07. The summed E-state index contributed by atoms with van der Waals surface area (Å²) in [4.78, 5) is 25.9. The van der Waals surface area contributed by atoms with E-state index >= 15 is 0 Å². The molecule has 2 N–H and O–H groups in total. The highest BCUT2D eigenvalue weighted by molar-refractivity contribution is 7.94. The van der Waals surface area contributed by atoms with Gasteiger partial charge in [-0.05, 0) is 24.3 Å². The van der Waals surface area contributed by atoms with Crippen molar-refractivity contribution in [2.24, 2.45) is 0 Å². The minimum atomic E-state index is -3.67. The molecule has 8 heteroatoms. The van der Waals surface area contributed by atoms with Crippen molar-refractivity contribution >= 4 is 27.2 Å². The van der Waals surface area contributed by atoms with Crippen LogP contribution in [0.5, 0.6) is 5.75 Å². The van der Waals surface area contributed by atoms with Gasteiger partial charge in [-0.1, -0.05) is 55.1 Å². The van der Waals surface area contributed by atoms with E-state index in [2.05, 4.69) is 17.2 Å². The molecule has 32 heavy (non-hydrogen) atoms. The molecule has 3 aromatic rings. The van der Waals surface area contributed by atoms with Crippen molar-refractivity contribution in [2.75, 3.05) is 12.4 Å². The number of ether oxygens (including phenoxy) is 1. The summed E-state index contributed by atoms with van der Waals surface area (Å²) in [5, 5.41) is 6.51. The number of methoxy groups -OCH3 is 1. The molecule has 0 aromatic heterocycles. The minimum Gasteiger partial charge on any atom is -0.495 e. The molecule has 0 saturated heterocycles. The predicted octanol–water partition coefficient (Wildman–Crippen LogP) is 3.66. The Labute approximate surface area is 186 Å². The van der Waals surface area contributed by atoms with E-state index in [-0.39, 0.29) is 16.4 Å². The van der Waals surface area contributed by atoms with Gasteiger partial charge in [0.25, 0.3) is 5.91 Å². The Morgan fingerprint density at radius 1 is 0.938 bits per heavy atom. The van der Waals surface area contributed by atoms with Crippen LogP contribution in [0.15, 0.2) is 95.7 Å². The van der Waals surface area contributed by atoms with Crippen LogP contribution in [-0.2, 0) is 9.84 Å². The van der Waals surface area contributed by atoms with Crippen LogP contribution in [0.3, 0.4) is 0 Å². The lowest BCUT2D eigenvalue weighted by Gasteiger charge is -2.22. The molecule has 0 saturated carbocycles. The van der Waals surface area contributed by atoms with Crippen molar-refractivity contribution in [2.45, 2.75) is 11.1 Å². The van der Waals surface area contributed by atoms with Crippen molar-refractivity contribution in [3.63, 3.8) is 0 Å². The normalized spacial score (nSPS) is 11.8. The summed E-state index contributed by atoms with van der Waals surface area (Å²) in [5.74, 6) is -0.635. The maximum absolute atomic E-state index is 13.2. The second-order valence-corrected chi connectivity index (χ2v) is 8.62. The standard InChI is InChI=1S/C24H22N2O5S/c1-3-32(29,30)19-14-15-20(21(16-19)31-2)25-23(22(27)17-10-6-4-7-11-17)26-24(28)18-12-8-5-9-13-18/h3-16,23,25H,1H2,2H3,(H,26,28)/t23-/m1/s1. The third-order valence-electron chi connectivity index (χ3n) is 4.65. The maximum Gasteiger partial charge on any atom is 0.253 e. The number of ketones is 1. The number of nitrogens with one attached hydrogen (secondary N) is 2. The van der Waals surface area contributed by atoms with E-state index in [1.54, 1.807) is 60.7 Å². The van der Waals surface area contributed by atoms with E-state index in [4.69, 9.17) is 4.74 Å². The van der Waals surface area contributed by atoms with Crippen LogP contribution >= 0.6 is 0 Å². The molecule has 0 heterocycles. The van der Waals surface area contributed by atoms with Crippen LogP contribution in [0.4, 0.5) is 5.69 Å². The molecule has 0 radical (unpaired) electrons. The van der Waals surface area contributed by atoms with Crippen molar-refractivity contribution in [3.05, 3.63) is 102 Å². The first-order valence-corrected chi connectivity index (χ1v) is 11.2. The molecule has 0 bridgehead atoms. The molecule has 0 aliphatic carbocycles. The number of hydrogen-bond acceptors (Lipinski definition) is 6. The highest BCUT2D eigenvalue weighted by Gasteiger charge is 2.24. The average Bonchev–Trinajstić information content (AvgIpc) is 2.84. The van der Waals surface area contributed by atoms with Crippen LogP contribution in [0.25, 0.3) is 0 Å². The summed E-state index contributed by atoms with van der Waals surface area (Å²) < 4.78 is 29.5. The molecular weight excluding hydrogens is 428 g/mol. The van der Waals surface area contributed by atoms with Crippen molar-refractivity contribution in [3.8, 4) is 5.75 Å². The number of benzene rings is 3. The van der Waals surface area contributed by atoms with E-state index in [0.29, 0.717) is 16.8 Å². The Morgan fingerprint density at radius 2 is 1.53 bits per heavy atom. The summed E-state index contributed by atoms with van der Waals surface area (Å²) >= 11 is 0. The first kappa shape index (κ1) is 22.8. The van der Waals surface area contributed by atoms with E-state index < -0.39 is 21.9 Å². The van der Waals surface area contributed by atoms with Gasteiger partial charge in [-0.2, -0.15) is 0 Å². The van der Waals surface area contributed by atoms with E-state index in [0.717, 1.165) is 5.41 Å². The average molecular weight is 451 g/mol. The van der Waals surface area contributed by atoms with Crippen LogP contribution in [0.1, 0.15) is 20.7 Å². The molecule has 0 fully saturated rings. The van der Waals surface area contributed by atoms with Gasteiger partial charge in [0.15, 0.2) is 16.0 Å². The number of sulfone groups is 1. The second kappa shape index (κ2) is 9.93. The second-order valence-electron chi connectivity index (χ2n) is 6.72. The Balaban J connectivity index is 1.96. The van der Waals surface area contributed by atoms with E-state index in [1.807, 2.05) is 0 Å². The zero-order chi connectivity index (χ0) is 23.1. The van der Waals surface area contributed by atoms with Gasteiger partial charge in [0.1, 0.15) is 5.75 Å². The number of carbonyl (C=O) groups is 2. The summed E-state index contributed by atoms with van der Waals surface area (Å²) in [5.41, 5.74) is 1.11. The lowest BCUT2D eigenvalue weighted by Crippen LogP contribution is -2.46. The Morgan fingerprint density at radius 3 is 2.09 bits per heavy atom. The van der Waals surface area contributed by atoms with Gasteiger partial charge in [-0.3, -0.25) is 9.59 Å². The first-order chi connectivity index (χ1) is 15.4. The van der Waals surface area contributed by atoms with Gasteiger partial charge in [-0.25, -0.2) is 8.42 Å². The van der Waals surface area contributed by atoms with Crippen LogP contribution in [0, 0.1) is 0 Å². The van der Waals surface area contributed by atoms with Crippen LogP contribution in [0.2, 0.25) is 0 Å². The molecule has 1 atom stereocenters. The van der Waals surface area contributed by atoms with E-state index in [1.165, 1.54) is 25.3 Å². The number of Topliss-reactive ketones (excluding diaryl/α,β-unsaturated/α-hetero) is 1. The van der Waals surface area contributed by atoms with Crippen molar-refractivity contribution in [1.29, 1.82) is 0 Å². The van der Waals surface area contributed by atoms with Gasteiger partial charge in [0.05, 0.1) is 17.7 Å². The summed E-state index contributed by atoms with van der Waals surface area (Å²) in [6.07, 6.45) is -1.14. The van der Waals surface area contributed by atoms with Gasteiger partial charge in [0, 0.05) is 22.6 Å². The predicted molar refractivity (Wildman–Crippen MR) is 122 cm³/mol. The molecule has 3 rings (SSSR count). The van der Waals surface area contributed by atoms with Crippen LogP contribution < -0.4 is 15.4 Å². The molecule has 0 unspecified atom stereocenters. The summed E-state index contributed by atoms with van der Waals surface area (Å²) in [6.45, 7) is 3.32. The lowest BCUT2D eigenvalue weighted by atomic mass is 10.1. The zero-order valence-electron chi connectivity index (χ0n) is 17.3. The zero-order valence-corrected chi connectivity index (χ0v) is 18.1. The SMILES string of the molecule is C=CS(=O)(=O)c1ccc(N[C@H](NC(=O)c2ccccc2)C(=O)c2ccccc2)c(OC)c1. The molecule has 1 amide bonds. The molecule has 0 aliphatic rings. The summed E-state index contributed by atoms with van der Waals surface area (Å²) in [7, 11) is -2.29. The molecule has 0 aliphatic heterocycles. The van der Waals surface area contributed by atoms with Gasteiger partial charge in [-0.15, -0.1) is 0 Å². The maximum atomic E-state index is 13.2. The fourth-order valence-electron chi connectivity index (χ4n) is 2.96. The number of hydrogen-bond donors (Lipinski definition) is 2. The van der Waals surface area contributed by atoms with Crippen molar-refractivity contribution < 1.29 is 22.7 Å². The van der Waals surface area contributed by atoms with Gasteiger partial charge in [0.2, 0.25) is 5.78 Å². The minimum absolute atomic E-state index is 0.00541. The largest absolute Gasteiger partial charge is 0.495 e. The van der Waals surface area contributed by atoms with Crippen molar-refractivity contribution in [1.82, 2.24) is 5.32 Å². The van der Waals surface area contributed by atoms with Gasteiger partial charge < -0.3 is 15.4 Å². The quantitative estimate of drug-likeness (QED) is 0.381. The molecule has 7 nitrogen and oxygen atoms in total. The number of rotatable bonds is 9. The summed E-state index contributed by atoms with van der Waals surface area (Å²) in [6, 6.07) is 21.2. The number of carbonyl (C=O) groups excluding carboxylic acids is 2. The topological polar surface area (TPSA) is 102 Å². The molecule has 164 valence electrons. The fourth-order valence-corrected chi connectivity index (χ4v) is 3.68. The highest BCUT2D eigenvalue weighted by atomic mass is 32.2. The smallest absolute Gasteiger partial charge is 0.253 e. The third-order valence-corrected chi connectivity index (χ3v) is 6.00. The lowest BCUT2D eigenvalue weighted by molar-refractivity contribution is 0.0869. The Bertz CT molecular complexity index is 1230. The molecular formula is C24H22N2O5S. The fraction of sp³-hybridized carbons (Fsp3) is 0.0833. The van der Waals surface area contributed by atoms with E-state index in [9.17, 15) is 18.0 Å². The number of amides is 1. The first-order valence-electron chi connectivity index (χ1n) is 9.63. The van der Waals surface area contributed by atoms with Crippen LogP contribution in [-0.4, -0.2) is 33.4 Å².